The number of anilines is 1. The van der Waals surface area contributed by atoms with E-state index in [1.807, 2.05) is 12.4 Å². The van der Waals surface area contributed by atoms with Gasteiger partial charge in [-0.25, -0.2) is 0 Å². The average Bonchev–Trinajstić information content (AvgIpc) is 2.45. The highest BCUT2D eigenvalue weighted by atomic mass is 15.2. The van der Waals surface area contributed by atoms with Crippen molar-refractivity contribution in [1.29, 1.82) is 0 Å². The highest BCUT2D eigenvalue weighted by Crippen LogP contribution is 2.19. The van der Waals surface area contributed by atoms with Crippen molar-refractivity contribution in [2.45, 2.75) is 32.4 Å². The lowest BCUT2D eigenvalue weighted by Gasteiger charge is -2.14. The topological polar surface area (TPSA) is 28.2 Å². The molecule has 1 saturated heterocycles. The second-order valence-electron chi connectivity index (χ2n) is 4.62. The van der Waals surface area contributed by atoms with Crippen molar-refractivity contribution in [1.82, 2.24) is 9.88 Å². The highest BCUT2D eigenvalue weighted by molar-refractivity contribution is 5.43. The molecule has 1 aliphatic heterocycles. The molecule has 0 bridgehead atoms. The molecule has 0 spiro atoms. The average molecular weight is 205 g/mol. The maximum absolute atomic E-state index is 4.19. The number of hydrogen-bond donors (Lipinski definition) is 1. The summed E-state index contributed by atoms with van der Waals surface area (Å²) in [5.41, 5.74) is 2.35. The molecule has 0 aromatic carbocycles. The number of likely N-dealkylation sites (N-methyl/N-ethyl adjacent to an activating group) is 1. The summed E-state index contributed by atoms with van der Waals surface area (Å²) in [4.78, 5) is 6.58. The Morgan fingerprint density at radius 3 is 2.87 bits per heavy atom. The first-order chi connectivity index (χ1) is 7.15. The third-order valence-corrected chi connectivity index (χ3v) is 3.13. The van der Waals surface area contributed by atoms with Crippen molar-refractivity contribution < 1.29 is 0 Å². The molecule has 1 aromatic rings. The van der Waals surface area contributed by atoms with Crippen molar-refractivity contribution in [3.8, 4) is 0 Å². The second-order valence-corrected chi connectivity index (χ2v) is 4.62. The van der Waals surface area contributed by atoms with E-state index >= 15 is 0 Å². The van der Waals surface area contributed by atoms with Gasteiger partial charge in [0, 0.05) is 31.0 Å². The molecular formula is C12H19N3. The quantitative estimate of drug-likeness (QED) is 0.799. The molecule has 3 heteroatoms. The first-order valence-corrected chi connectivity index (χ1v) is 5.53. The number of pyridine rings is 1. The Hall–Kier alpha value is -1.09. The molecule has 15 heavy (non-hydrogen) atoms. The van der Waals surface area contributed by atoms with Gasteiger partial charge in [-0.1, -0.05) is 0 Å². The molecule has 2 atom stereocenters. The minimum atomic E-state index is 0.564. The van der Waals surface area contributed by atoms with Gasteiger partial charge in [0.2, 0.25) is 0 Å². The molecule has 3 nitrogen and oxygen atoms in total. The predicted molar refractivity (Wildman–Crippen MR) is 63.1 cm³/mol. The van der Waals surface area contributed by atoms with Crippen LogP contribution in [0.2, 0.25) is 0 Å². The molecule has 2 unspecified atom stereocenters. The molecule has 82 valence electrons. The second kappa shape index (κ2) is 4.19. The van der Waals surface area contributed by atoms with E-state index in [9.17, 15) is 0 Å². The monoisotopic (exact) mass is 205 g/mol. The van der Waals surface area contributed by atoms with E-state index < -0.39 is 0 Å². The van der Waals surface area contributed by atoms with Gasteiger partial charge in [0.15, 0.2) is 0 Å². The maximum atomic E-state index is 4.19. The SMILES string of the molecule is Cc1cncc(NC2CC(C)N(C)C2)c1. The summed E-state index contributed by atoms with van der Waals surface area (Å²) in [5.74, 6) is 0. The van der Waals surface area contributed by atoms with E-state index in [4.69, 9.17) is 0 Å². The van der Waals surface area contributed by atoms with Gasteiger partial charge in [-0.15, -0.1) is 0 Å². The van der Waals surface area contributed by atoms with Crippen LogP contribution < -0.4 is 5.32 Å². The fourth-order valence-electron chi connectivity index (χ4n) is 2.17. The van der Waals surface area contributed by atoms with Crippen LogP contribution in [0.1, 0.15) is 18.9 Å². The minimum absolute atomic E-state index is 0.564. The molecule has 0 saturated carbocycles. The number of likely N-dealkylation sites (tertiary alicyclic amines) is 1. The smallest absolute Gasteiger partial charge is 0.0531 e. The zero-order valence-corrected chi connectivity index (χ0v) is 9.70. The van der Waals surface area contributed by atoms with Crippen molar-refractivity contribution >= 4 is 5.69 Å². The predicted octanol–water partition coefficient (Wildman–Crippen LogP) is 1.89. The molecule has 2 heterocycles. The molecule has 1 aliphatic rings. The van der Waals surface area contributed by atoms with E-state index in [2.05, 4.69) is 42.2 Å². The molecule has 1 fully saturated rings. The Bertz CT molecular complexity index is 327. The number of hydrogen-bond acceptors (Lipinski definition) is 3. The summed E-state index contributed by atoms with van der Waals surface area (Å²) in [6.07, 6.45) is 5.00. The molecule has 2 rings (SSSR count). The van der Waals surface area contributed by atoms with Crippen LogP contribution in [0.3, 0.4) is 0 Å². The first-order valence-electron chi connectivity index (χ1n) is 5.53. The summed E-state index contributed by atoms with van der Waals surface area (Å²) in [5, 5.41) is 3.54. The van der Waals surface area contributed by atoms with Gasteiger partial charge in [-0.05, 0) is 38.9 Å². The normalized spacial score (nSPS) is 26.9. The molecule has 0 radical (unpaired) electrons. The molecule has 0 aliphatic carbocycles. The largest absolute Gasteiger partial charge is 0.380 e. The summed E-state index contributed by atoms with van der Waals surface area (Å²) < 4.78 is 0. The standard InChI is InChI=1S/C12H19N3/c1-9-4-11(7-13-6-9)14-12-5-10(2)15(3)8-12/h4,6-7,10,12,14H,5,8H2,1-3H3. The van der Waals surface area contributed by atoms with Crippen LogP contribution in [0.15, 0.2) is 18.5 Å². The zero-order chi connectivity index (χ0) is 10.8. The fraction of sp³-hybridized carbons (Fsp3) is 0.583. The van der Waals surface area contributed by atoms with Crippen molar-refractivity contribution in [3.05, 3.63) is 24.0 Å². The van der Waals surface area contributed by atoms with Crippen LogP contribution >= 0.6 is 0 Å². The third kappa shape index (κ3) is 2.48. The minimum Gasteiger partial charge on any atom is -0.380 e. The number of nitrogens with one attached hydrogen (secondary N) is 1. The summed E-state index contributed by atoms with van der Waals surface area (Å²) in [6, 6.07) is 3.39. The Labute approximate surface area is 91.5 Å². The van der Waals surface area contributed by atoms with Gasteiger partial charge in [-0.2, -0.15) is 0 Å². The van der Waals surface area contributed by atoms with Gasteiger partial charge in [0.1, 0.15) is 0 Å². The van der Waals surface area contributed by atoms with E-state index in [1.165, 1.54) is 12.0 Å². The van der Waals surface area contributed by atoms with Gasteiger partial charge >= 0.3 is 0 Å². The van der Waals surface area contributed by atoms with Crippen molar-refractivity contribution in [3.63, 3.8) is 0 Å². The van der Waals surface area contributed by atoms with E-state index in [0.717, 1.165) is 12.2 Å². The van der Waals surface area contributed by atoms with Crippen molar-refractivity contribution in [2.75, 3.05) is 18.9 Å². The number of aromatic nitrogens is 1. The Morgan fingerprint density at radius 1 is 1.47 bits per heavy atom. The zero-order valence-electron chi connectivity index (χ0n) is 9.70. The van der Waals surface area contributed by atoms with Crippen LogP contribution in [0.5, 0.6) is 0 Å². The summed E-state index contributed by atoms with van der Waals surface area (Å²) in [7, 11) is 2.18. The Morgan fingerprint density at radius 2 is 2.27 bits per heavy atom. The maximum Gasteiger partial charge on any atom is 0.0531 e. The van der Waals surface area contributed by atoms with Gasteiger partial charge in [-0.3, -0.25) is 4.98 Å². The Kier molecular flexibility index (Phi) is 2.91. The summed E-state index contributed by atoms with van der Waals surface area (Å²) in [6.45, 7) is 5.47. The van der Waals surface area contributed by atoms with Gasteiger partial charge in [0.25, 0.3) is 0 Å². The lowest BCUT2D eigenvalue weighted by atomic mass is 10.2. The van der Waals surface area contributed by atoms with Gasteiger partial charge < -0.3 is 10.2 Å². The molecule has 1 aromatic heterocycles. The van der Waals surface area contributed by atoms with Gasteiger partial charge in [0.05, 0.1) is 5.69 Å². The number of aryl methyl sites for hydroxylation is 1. The lowest BCUT2D eigenvalue weighted by molar-refractivity contribution is 0.330. The van der Waals surface area contributed by atoms with Crippen LogP contribution in [0.4, 0.5) is 5.69 Å². The lowest BCUT2D eigenvalue weighted by Crippen LogP contribution is -2.24. The van der Waals surface area contributed by atoms with Crippen LogP contribution in [0.25, 0.3) is 0 Å². The van der Waals surface area contributed by atoms with Crippen LogP contribution in [-0.2, 0) is 0 Å². The molecule has 1 N–H and O–H groups in total. The van der Waals surface area contributed by atoms with Crippen molar-refractivity contribution in [2.24, 2.45) is 0 Å². The number of rotatable bonds is 2. The summed E-state index contributed by atoms with van der Waals surface area (Å²) >= 11 is 0. The van der Waals surface area contributed by atoms with E-state index in [-0.39, 0.29) is 0 Å². The highest BCUT2D eigenvalue weighted by Gasteiger charge is 2.25. The van der Waals surface area contributed by atoms with E-state index in [1.54, 1.807) is 0 Å². The molecular weight excluding hydrogens is 186 g/mol. The fourth-order valence-corrected chi connectivity index (χ4v) is 2.17. The third-order valence-electron chi connectivity index (χ3n) is 3.13. The van der Waals surface area contributed by atoms with E-state index in [0.29, 0.717) is 12.1 Å². The number of nitrogens with zero attached hydrogens (tertiary/aromatic N) is 2. The first kappa shape index (κ1) is 10.4. The van der Waals surface area contributed by atoms with Crippen LogP contribution in [-0.4, -0.2) is 35.6 Å². The van der Waals surface area contributed by atoms with Crippen LogP contribution in [0, 0.1) is 6.92 Å². The Balaban J connectivity index is 1.98. The molecule has 0 amide bonds.